The van der Waals surface area contributed by atoms with Gasteiger partial charge in [-0.05, 0) is 44.0 Å². The Hall–Kier alpha value is -2.95. The number of rotatable bonds is 6. The molecule has 0 heterocycles. The Kier molecular flexibility index (Phi) is 5.84. The highest BCUT2D eigenvalue weighted by Crippen LogP contribution is 2.22. The zero-order valence-corrected chi connectivity index (χ0v) is 14.0. The Bertz CT molecular complexity index is 747. The van der Waals surface area contributed by atoms with Crippen LogP contribution in [0.25, 0.3) is 11.1 Å². The molecule has 2 rings (SSSR count). The highest BCUT2D eigenvalue weighted by atomic mass is 16.5. The number of hydrogen-bond acceptors (Lipinski definition) is 5. The molecule has 5 heteroatoms. The van der Waals surface area contributed by atoms with Gasteiger partial charge in [0.15, 0.2) is 5.78 Å². The number of nitrogens with one attached hydrogen (secondary N) is 1. The van der Waals surface area contributed by atoms with Crippen LogP contribution in [0.1, 0.15) is 31.1 Å². The summed E-state index contributed by atoms with van der Waals surface area (Å²) in [7, 11) is 0. The quantitative estimate of drug-likeness (QED) is 0.379. The van der Waals surface area contributed by atoms with Gasteiger partial charge in [-0.1, -0.05) is 36.4 Å². The number of benzene rings is 2. The second kappa shape index (κ2) is 8.06. The molecule has 0 saturated carbocycles. The lowest BCUT2D eigenvalue weighted by atomic mass is 10.0. The fourth-order valence-corrected chi connectivity index (χ4v) is 2.06. The van der Waals surface area contributed by atoms with Crippen molar-refractivity contribution in [3.8, 4) is 11.1 Å². The molecular formula is C19H20N2O3. The fourth-order valence-electron chi connectivity index (χ4n) is 2.06. The first kappa shape index (κ1) is 17.4. The first-order valence-corrected chi connectivity index (χ1v) is 7.70. The molecule has 2 aromatic carbocycles. The second-order valence-corrected chi connectivity index (χ2v) is 5.24. The minimum Gasteiger partial charge on any atom is -0.461 e. The number of hydrazone groups is 1. The third-order valence-corrected chi connectivity index (χ3v) is 3.43. The minimum atomic E-state index is -0.438. The minimum absolute atomic E-state index is 0.0518. The van der Waals surface area contributed by atoms with Crippen LogP contribution in [0.4, 0.5) is 5.69 Å². The molecule has 0 aliphatic carbocycles. The van der Waals surface area contributed by atoms with Crippen LogP contribution in [0.2, 0.25) is 0 Å². The number of carbonyl (C=O) groups excluding carboxylic acids is 2. The molecule has 5 nitrogen and oxygen atoms in total. The molecule has 0 aliphatic rings. The Balaban J connectivity index is 2.06. The summed E-state index contributed by atoms with van der Waals surface area (Å²) in [5.74, 6) is -0.386. The summed E-state index contributed by atoms with van der Waals surface area (Å²) in [6.07, 6.45) is 0. The molecule has 0 amide bonds. The number of nitrogens with zero attached hydrogens (tertiary/aromatic N) is 1. The molecule has 24 heavy (non-hydrogen) atoms. The Morgan fingerprint density at radius 3 is 2.00 bits per heavy atom. The highest BCUT2D eigenvalue weighted by molar-refractivity contribution is 6.35. The number of anilines is 1. The fraction of sp³-hybridized carbons (Fsp3) is 0.211. The van der Waals surface area contributed by atoms with Gasteiger partial charge < -0.3 is 4.74 Å². The van der Waals surface area contributed by atoms with Crippen molar-refractivity contribution >= 4 is 23.2 Å². The smallest absolute Gasteiger partial charge is 0.354 e. The van der Waals surface area contributed by atoms with E-state index in [0.717, 1.165) is 16.8 Å². The van der Waals surface area contributed by atoms with Gasteiger partial charge in [0.2, 0.25) is 0 Å². The number of Topliss-reactive ketones (excluding diaryl/α,β-unsaturated/α-hetero) is 1. The zero-order chi connectivity index (χ0) is 17.5. The van der Waals surface area contributed by atoms with Crippen molar-refractivity contribution in [3.05, 3.63) is 54.1 Å². The van der Waals surface area contributed by atoms with E-state index < -0.39 is 5.97 Å². The molecule has 0 fully saturated rings. The van der Waals surface area contributed by atoms with E-state index in [4.69, 9.17) is 4.74 Å². The van der Waals surface area contributed by atoms with Crippen LogP contribution in [0.15, 0.2) is 53.6 Å². The third-order valence-electron chi connectivity index (χ3n) is 3.43. The van der Waals surface area contributed by atoms with E-state index in [9.17, 15) is 9.59 Å². The Labute approximate surface area is 141 Å². The van der Waals surface area contributed by atoms with Crippen LogP contribution in [-0.2, 0) is 9.53 Å². The van der Waals surface area contributed by atoms with Gasteiger partial charge in [-0.3, -0.25) is 10.2 Å². The normalized spacial score (nSPS) is 11.0. The molecule has 0 unspecified atom stereocenters. The number of ketones is 1. The van der Waals surface area contributed by atoms with E-state index >= 15 is 0 Å². The zero-order valence-electron chi connectivity index (χ0n) is 14.0. The maximum absolute atomic E-state index is 11.5. The maximum atomic E-state index is 11.5. The summed E-state index contributed by atoms with van der Waals surface area (Å²) in [4.78, 5) is 22.8. The average Bonchev–Trinajstić information content (AvgIpc) is 2.60. The van der Waals surface area contributed by atoms with E-state index in [1.54, 1.807) is 20.8 Å². The van der Waals surface area contributed by atoms with Crippen LogP contribution in [-0.4, -0.2) is 24.1 Å². The molecule has 0 atom stereocenters. The van der Waals surface area contributed by atoms with E-state index in [-0.39, 0.29) is 11.5 Å². The van der Waals surface area contributed by atoms with Gasteiger partial charge in [0.05, 0.1) is 12.3 Å². The van der Waals surface area contributed by atoms with Crippen molar-refractivity contribution in [2.75, 3.05) is 12.0 Å². The third kappa shape index (κ3) is 4.52. The van der Waals surface area contributed by atoms with E-state index in [1.807, 2.05) is 48.5 Å². The summed E-state index contributed by atoms with van der Waals surface area (Å²) in [6.45, 7) is 5.22. The van der Waals surface area contributed by atoms with Crippen LogP contribution in [0.3, 0.4) is 0 Å². The number of ether oxygens (including phenoxy) is 1. The SMILES string of the molecule is CCOC(=O)C(C)=NNc1ccc(-c2ccc(C(C)=O)cc2)cc1. The molecule has 0 radical (unpaired) electrons. The van der Waals surface area contributed by atoms with Gasteiger partial charge in [0.1, 0.15) is 5.71 Å². The van der Waals surface area contributed by atoms with Gasteiger partial charge in [-0.25, -0.2) is 4.79 Å². The summed E-state index contributed by atoms with van der Waals surface area (Å²) in [6, 6.07) is 15.1. The van der Waals surface area contributed by atoms with Crippen LogP contribution >= 0.6 is 0 Å². The molecule has 0 saturated heterocycles. The van der Waals surface area contributed by atoms with Crippen LogP contribution < -0.4 is 5.43 Å². The van der Waals surface area contributed by atoms with Crippen molar-refractivity contribution in [2.24, 2.45) is 5.10 Å². The van der Waals surface area contributed by atoms with Gasteiger partial charge in [0, 0.05) is 5.56 Å². The first-order valence-electron chi connectivity index (χ1n) is 7.70. The van der Waals surface area contributed by atoms with Crippen molar-refractivity contribution in [3.63, 3.8) is 0 Å². The molecule has 0 bridgehead atoms. The lowest BCUT2D eigenvalue weighted by Gasteiger charge is -2.06. The summed E-state index contributed by atoms with van der Waals surface area (Å²) in [5, 5.41) is 4.00. The molecule has 124 valence electrons. The lowest BCUT2D eigenvalue weighted by molar-refractivity contribution is -0.135. The summed E-state index contributed by atoms with van der Waals surface area (Å²) >= 11 is 0. The second-order valence-electron chi connectivity index (χ2n) is 5.24. The predicted molar refractivity (Wildman–Crippen MR) is 95.2 cm³/mol. The van der Waals surface area contributed by atoms with E-state index in [1.165, 1.54) is 0 Å². The van der Waals surface area contributed by atoms with Gasteiger partial charge >= 0.3 is 5.97 Å². The monoisotopic (exact) mass is 324 g/mol. The van der Waals surface area contributed by atoms with Gasteiger partial charge in [-0.2, -0.15) is 5.10 Å². The lowest BCUT2D eigenvalue weighted by Crippen LogP contribution is -2.15. The molecule has 2 aromatic rings. The van der Waals surface area contributed by atoms with Gasteiger partial charge in [-0.15, -0.1) is 0 Å². The standard InChI is InChI=1S/C19H20N2O3/c1-4-24-19(23)13(2)20-21-18-11-9-17(10-12-18)16-7-5-15(6-8-16)14(3)22/h5-12,21H,4H2,1-3H3. The largest absolute Gasteiger partial charge is 0.461 e. The Morgan fingerprint density at radius 1 is 0.958 bits per heavy atom. The maximum Gasteiger partial charge on any atom is 0.354 e. The van der Waals surface area contributed by atoms with Crippen molar-refractivity contribution in [1.29, 1.82) is 0 Å². The average molecular weight is 324 g/mol. The molecule has 0 spiro atoms. The van der Waals surface area contributed by atoms with Crippen LogP contribution in [0.5, 0.6) is 0 Å². The van der Waals surface area contributed by atoms with E-state index in [2.05, 4.69) is 10.5 Å². The molecule has 0 aromatic heterocycles. The predicted octanol–water partition coefficient (Wildman–Crippen LogP) is 3.91. The van der Waals surface area contributed by atoms with Crippen LogP contribution in [0, 0.1) is 0 Å². The highest BCUT2D eigenvalue weighted by Gasteiger charge is 2.06. The summed E-state index contributed by atoms with van der Waals surface area (Å²) in [5.41, 5.74) is 6.61. The van der Waals surface area contributed by atoms with Crippen molar-refractivity contribution in [2.45, 2.75) is 20.8 Å². The number of carbonyl (C=O) groups is 2. The summed E-state index contributed by atoms with van der Waals surface area (Å²) < 4.78 is 4.86. The van der Waals surface area contributed by atoms with Gasteiger partial charge in [0.25, 0.3) is 0 Å². The van der Waals surface area contributed by atoms with Crippen molar-refractivity contribution < 1.29 is 14.3 Å². The number of esters is 1. The van der Waals surface area contributed by atoms with Crippen molar-refractivity contribution in [1.82, 2.24) is 0 Å². The number of hydrogen-bond donors (Lipinski definition) is 1. The molecule has 1 N–H and O–H groups in total. The Morgan fingerprint density at radius 2 is 1.50 bits per heavy atom. The molecular weight excluding hydrogens is 304 g/mol. The molecule has 0 aliphatic heterocycles. The topological polar surface area (TPSA) is 67.8 Å². The first-order chi connectivity index (χ1) is 11.5. The van der Waals surface area contributed by atoms with E-state index in [0.29, 0.717) is 12.2 Å².